The van der Waals surface area contributed by atoms with Crippen molar-refractivity contribution in [2.75, 3.05) is 0 Å². The van der Waals surface area contributed by atoms with Crippen LogP contribution in [0.5, 0.6) is 0 Å². The van der Waals surface area contributed by atoms with E-state index in [1.54, 1.807) is 22.1 Å². The third-order valence-electron chi connectivity index (χ3n) is 3.95. The standard InChI is InChI=1S/C21H16N4O2S/c26-21(14-12-18-11-13-19(28-18)16-7-3-1-4-8-16)27-15-20-22-23-24-25(20)17-9-5-2-6-10-17/h1-14H,15H2/b14-12+. The molecular weight excluding hydrogens is 372 g/mol. The first-order valence-electron chi connectivity index (χ1n) is 8.62. The zero-order chi connectivity index (χ0) is 19.2. The van der Waals surface area contributed by atoms with E-state index in [1.807, 2.05) is 60.7 Å². The molecule has 2 heterocycles. The molecule has 0 saturated heterocycles. The molecule has 0 atom stereocenters. The van der Waals surface area contributed by atoms with Crippen molar-refractivity contribution in [2.45, 2.75) is 6.61 Å². The molecule has 0 fully saturated rings. The van der Waals surface area contributed by atoms with E-state index in [0.29, 0.717) is 5.82 Å². The molecule has 138 valence electrons. The third-order valence-corrected chi connectivity index (χ3v) is 5.05. The highest BCUT2D eigenvalue weighted by atomic mass is 32.1. The first-order chi connectivity index (χ1) is 13.8. The number of hydrogen-bond acceptors (Lipinski definition) is 6. The van der Waals surface area contributed by atoms with Gasteiger partial charge in [0.2, 0.25) is 0 Å². The van der Waals surface area contributed by atoms with E-state index in [-0.39, 0.29) is 6.61 Å². The van der Waals surface area contributed by atoms with E-state index in [4.69, 9.17) is 4.74 Å². The zero-order valence-corrected chi connectivity index (χ0v) is 15.6. The summed E-state index contributed by atoms with van der Waals surface area (Å²) >= 11 is 1.61. The lowest BCUT2D eigenvalue weighted by atomic mass is 10.2. The van der Waals surface area contributed by atoms with Gasteiger partial charge >= 0.3 is 5.97 Å². The van der Waals surface area contributed by atoms with Crippen molar-refractivity contribution in [2.24, 2.45) is 0 Å². The van der Waals surface area contributed by atoms with Crippen LogP contribution in [0, 0.1) is 0 Å². The molecule has 6 nitrogen and oxygen atoms in total. The zero-order valence-electron chi connectivity index (χ0n) is 14.8. The Morgan fingerprint density at radius 2 is 1.75 bits per heavy atom. The van der Waals surface area contributed by atoms with Gasteiger partial charge in [-0.25, -0.2) is 4.79 Å². The number of thiophene rings is 1. The molecule has 2 aromatic heterocycles. The lowest BCUT2D eigenvalue weighted by Gasteiger charge is -2.04. The van der Waals surface area contributed by atoms with Gasteiger partial charge in [-0.05, 0) is 46.3 Å². The molecule has 2 aromatic carbocycles. The van der Waals surface area contributed by atoms with Gasteiger partial charge in [0.05, 0.1) is 5.69 Å². The fourth-order valence-corrected chi connectivity index (χ4v) is 3.52. The van der Waals surface area contributed by atoms with Crippen molar-refractivity contribution >= 4 is 23.4 Å². The average Bonchev–Trinajstić information content (AvgIpc) is 3.41. The summed E-state index contributed by atoms with van der Waals surface area (Å²) in [5.41, 5.74) is 1.96. The number of aromatic nitrogens is 4. The van der Waals surface area contributed by atoms with Crippen LogP contribution in [-0.4, -0.2) is 26.2 Å². The molecular formula is C21H16N4O2S. The van der Waals surface area contributed by atoms with Crippen LogP contribution in [0.1, 0.15) is 10.7 Å². The summed E-state index contributed by atoms with van der Waals surface area (Å²) in [4.78, 5) is 14.2. The highest BCUT2D eigenvalue weighted by Crippen LogP contribution is 2.28. The topological polar surface area (TPSA) is 69.9 Å². The minimum Gasteiger partial charge on any atom is -0.454 e. The minimum absolute atomic E-state index is 0.00915. The molecule has 0 unspecified atom stereocenters. The lowest BCUT2D eigenvalue weighted by molar-refractivity contribution is -0.139. The van der Waals surface area contributed by atoms with Crippen LogP contribution in [0.3, 0.4) is 0 Å². The van der Waals surface area contributed by atoms with Crippen molar-refractivity contribution < 1.29 is 9.53 Å². The van der Waals surface area contributed by atoms with Gasteiger partial charge in [0, 0.05) is 15.8 Å². The molecule has 0 radical (unpaired) electrons. The van der Waals surface area contributed by atoms with Crippen molar-refractivity contribution in [1.29, 1.82) is 0 Å². The predicted octanol–water partition coefficient (Wildman–Crippen LogP) is 4.15. The van der Waals surface area contributed by atoms with Crippen LogP contribution >= 0.6 is 11.3 Å². The number of nitrogens with zero attached hydrogens (tertiary/aromatic N) is 4. The van der Waals surface area contributed by atoms with Crippen molar-refractivity contribution in [3.63, 3.8) is 0 Å². The molecule has 0 aliphatic rings. The Balaban J connectivity index is 1.37. The Kier molecular flexibility index (Phi) is 5.35. The van der Waals surface area contributed by atoms with E-state index in [0.717, 1.165) is 21.0 Å². The van der Waals surface area contributed by atoms with Gasteiger partial charge in [-0.3, -0.25) is 0 Å². The smallest absolute Gasteiger partial charge is 0.331 e. The molecule has 0 spiro atoms. The summed E-state index contributed by atoms with van der Waals surface area (Å²) in [6.07, 6.45) is 3.16. The Morgan fingerprint density at radius 3 is 2.54 bits per heavy atom. The second-order valence-electron chi connectivity index (χ2n) is 5.85. The monoisotopic (exact) mass is 388 g/mol. The van der Waals surface area contributed by atoms with E-state index in [9.17, 15) is 4.79 Å². The quantitative estimate of drug-likeness (QED) is 0.367. The number of carbonyl (C=O) groups excluding carboxylic acids is 1. The van der Waals surface area contributed by atoms with Crippen molar-refractivity contribution in [3.8, 4) is 16.1 Å². The van der Waals surface area contributed by atoms with Crippen molar-refractivity contribution in [1.82, 2.24) is 20.2 Å². The van der Waals surface area contributed by atoms with Crippen LogP contribution in [0.25, 0.3) is 22.2 Å². The average molecular weight is 388 g/mol. The maximum absolute atomic E-state index is 12.1. The SMILES string of the molecule is O=C(/C=C/c1ccc(-c2ccccc2)s1)OCc1nnnn1-c1ccccc1. The lowest BCUT2D eigenvalue weighted by Crippen LogP contribution is -2.08. The Hall–Kier alpha value is -3.58. The van der Waals surface area contributed by atoms with Gasteiger partial charge in [0.25, 0.3) is 0 Å². The fourth-order valence-electron chi connectivity index (χ4n) is 2.60. The first kappa shape index (κ1) is 17.8. The summed E-state index contributed by atoms with van der Waals surface area (Å²) in [6, 6.07) is 23.6. The minimum atomic E-state index is -0.447. The highest BCUT2D eigenvalue weighted by Gasteiger charge is 2.10. The molecule has 0 aliphatic carbocycles. The number of ether oxygens (including phenoxy) is 1. The summed E-state index contributed by atoms with van der Waals surface area (Å²) in [5.74, 6) is 0.00714. The molecule has 4 aromatic rings. The number of para-hydroxylation sites is 1. The van der Waals surface area contributed by atoms with Gasteiger partial charge in [-0.15, -0.1) is 16.4 Å². The van der Waals surface area contributed by atoms with Gasteiger partial charge in [-0.2, -0.15) is 4.68 Å². The largest absolute Gasteiger partial charge is 0.454 e. The molecule has 0 saturated carbocycles. The van der Waals surface area contributed by atoms with Crippen LogP contribution in [-0.2, 0) is 16.1 Å². The number of carbonyl (C=O) groups is 1. The van der Waals surface area contributed by atoms with Crippen molar-refractivity contribution in [3.05, 3.63) is 89.6 Å². The number of rotatable bonds is 6. The van der Waals surface area contributed by atoms with Gasteiger partial charge < -0.3 is 4.74 Å². The molecule has 4 rings (SSSR count). The van der Waals surface area contributed by atoms with Crippen LogP contribution in [0.4, 0.5) is 0 Å². The molecule has 28 heavy (non-hydrogen) atoms. The summed E-state index contributed by atoms with van der Waals surface area (Å²) in [6.45, 7) is -0.00915. The number of benzene rings is 2. The Morgan fingerprint density at radius 1 is 1.00 bits per heavy atom. The third kappa shape index (κ3) is 4.21. The van der Waals surface area contributed by atoms with E-state index >= 15 is 0 Å². The normalized spacial score (nSPS) is 11.0. The van der Waals surface area contributed by atoms with E-state index in [2.05, 4.69) is 27.7 Å². The molecule has 0 N–H and O–H groups in total. The number of hydrogen-bond donors (Lipinski definition) is 0. The maximum Gasteiger partial charge on any atom is 0.331 e. The van der Waals surface area contributed by atoms with Gasteiger partial charge in [0.15, 0.2) is 12.4 Å². The summed E-state index contributed by atoms with van der Waals surface area (Å²) in [7, 11) is 0. The van der Waals surface area contributed by atoms with E-state index in [1.165, 1.54) is 6.08 Å². The van der Waals surface area contributed by atoms with Crippen LogP contribution < -0.4 is 0 Å². The molecule has 0 aliphatic heterocycles. The number of tetrazole rings is 1. The summed E-state index contributed by atoms with van der Waals surface area (Å²) in [5, 5.41) is 11.5. The highest BCUT2D eigenvalue weighted by molar-refractivity contribution is 7.16. The molecule has 0 bridgehead atoms. The second kappa shape index (κ2) is 8.41. The van der Waals surface area contributed by atoms with Crippen LogP contribution in [0.15, 0.2) is 78.9 Å². The molecule has 7 heteroatoms. The fraction of sp³-hybridized carbons (Fsp3) is 0.0476. The van der Waals surface area contributed by atoms with Gasteiger partial charge in [-0.1, -0.05) is 48.5 Å². The van der Waals surface area contributed by atoms with Gasteiger partial charge in [0.1, 0.15) is 0 Å². The second-order valence-corrected chi connectivity index (χ2v) is 6.97. The van der Waals surface area contributed by atoms with Crippen LogP contribution in [0.2, 0.25) is 0 Å². The van der Waals surface area contributed by atoms with E-state index < -0.39 is 5.97 Å². The number of esters is 1. The first-order valence-corrected chi connectivity index (χ1v) is 9.44. The Bertz CT molecular complexity index is 1090. The molecule has 0 amide bonds. The predicted molar refractivity (Wildman–Crippen MR) is 108 cm³/mol. The Labute approximate surface area is 165 Å². The summed E-state index contributed by atoms with van der Waals surface area (Å²) < 4.78 is 6.82. The maximum atomic E-state index is 12.1.